The van der Waals surface area contributed by atoms with Crippen LogP contribution in [0.25, 0.3) is 0 Å². The lowest BCUT2D eigenvalue weighted by atomic mass is 9.96. The zero-order valence-corrected chi connectivity index (χ0v) is 13.0. The highest BCUT2D eigenvalue weighted by Crippen LogP contribution is 2.20. The van der Waals surface area contributed by atoms with Gasteiger partial charge in [-0.1, -0.05) is 12.2 Å². The predicted octanol–water partition coefficient (Wildman–Crippen LogP) is 1.98. The standard InChI is InChI=1S/C16H24N2O2/c1-13-15(9-7-11-18(4)5)16(19)14(12-20-13)8-6-10-17(2)3/h6-11,13H,12H2,1-5H3. The van der Waals surface area contributed by atoms with Crippen LogP contribution < -0.4 is 0 Å². The van der Waals surface area contributed by atoms with Gasteiger partial charge in [0.2, 0.25) is 0 Å². The van der Waals surface area contributed by atoms with Crippen molar-refractivity contribution < 1.29 is 9.53 Å². The second kappa shape index (κ2) is 7.70. The van der Waals surface area contributed by atoms with Crippen LogP contribution in [0.1, 0.15) is 6.92 Å². The van der Waals surface area contributed by atoms with E-state index in [1.807, 2.05) is 81.6 Å². The summed E-state index contributed by atoms with van der Waals surface area (Å²) in [6.07, 6.45) is 11.0. The van der Waals surface area contributed by atoms with Gasteiger partial charge in [-0.3, -0.25) is 4.79 Å². The topological polar surface area (TPSA) is 32.8 Å². The lowest BCUT2D eigenvalue weighted by Gasteiger charge is -2.23. The fourth-order valence-electron chi connectivity index (χ4n) is 1.73. The normalized spacial score (nSPS) is 24.2. The average molecular weight is 276 g/mol. The Bertz CT molecular complexity index is 457. The van der Waals surface area contributed by atoms with Crippen LogP contribution in [-0.4, -0.2) is 56.5 Å². The molecule has 0 bridgehead atoms. The summed E-state index contributed by atoms with van der Waals surface area (Å²) in [7, 11) is 7.76. The monoisotopic (exact) mass is 276 g/mol. The van der Waals surface area contributed by atoms with Gasteiger partial charge in [-0.2, -0.15) is 0 Å². The predicted molar refractivity (Wildman–Crippen MR) is 82.2 cm³/mol. The van der Waals surface area contributed by atoms with Crippen molar-refractivity contribution in [3.05, 3.63) is 47.9 Å². The molecule has 110 valence electrons. The first kappa shape index (κ1) is 16.2. The number of ether oxygens (including phenoxy) is 1. The molecule has 4 heteroatoms. The number of Topliss-reactive ketones (excluding diaryl/α,β-unsaturated/α-hetero) is 1. The van der Waals surface area contributed by atoms with Crippen molar-refractivity contribution in [3.8, 4) is 0 Å². The van der Waals surface area contributed by atoms with Gasteiger partial charge in [0.05, 0.1) is 12.7 Å². The molecule has 0 aliphatic carbocycles. The number of allylic oxidation sites excluding steroid dienone is 4. The van der Waals surface area contributed by atoms with Gasteiger partial charge >= 0.3 is 0 Å². The molecule has 0 aromatic heterocycles. The second-order valence-electron chi connectivity index (χ2n) is 5.21. The number of ketones is 1. The van der Waals surface area contributed by atoms with E-state index in [-0.39, 0.29) is 11.9 Å². The van der Waals surface area contributed by atoms with Crippen LogP contribution in [0.4, 0.5) is 0 Å². The van der Waals surface area contributed by atoms with Crippen molar-refractivity contribution in [2.45, 2.75) is 13.0 Å². The van der Waals surface area contributed by atoms with Gasteiger partial charge in [-0.05, 0) is 31.5 Å². The fraction of sp³-hybridized carbons (Fsp3) is 0.438. The third-order valence-electron chi connectivity index (χ3n) is 2.82. The van der Waals surface area contributed by atoms with Crippen LogP contribution in [0.15, 0.2) is 47.9 Å². The van der Waals surface area contributed by atoms with Crippen molar-refractivity contribution in [3.63, 3.8) is 0 Å². The van der Waals surface area contributed by atoms with Gasteiger partial charge in [0.25, 0.3) is 0 Å². The Morgan fingerprint density at radius 3 is 2.15 bits per heavy atom. The van der Waals surface area contributed by atoms with E-state index in [9.17, 15) is 4.79 Å². The summed E-state index contributed by atoms with van der Waals surface area (Å²) in [5.41, 5.74) is 1.38. The number of hydrogen-bond donors (Lipinski definition) is 0. The Morgan fingerprint density at radius 1 is 1.05 bits per heavy atom. The number of nitrogens with zero attached hydrogens (tertiary/aromatic N) is 2. The minimum absolute atomic E-state index is 0.0653. The molecule has 0 spiro atoms. The van der Waals surface area contributed by atoms with Gasteiger partial charge in [0.1, 0.15) is 0 Å². The summed E-state index contributed by atoms with van der Waals surface area (Å²) < 4.78 is 5.64. The minimum atomic E-state index is -0.163. The Labute approximate surface area is 121 Å². The number of carbonyl (C=O) groups is 1. The van der Waals surface area contributed by atoms with Gasteiger partial charge in [-0.25, -0.2) is 0 Å². The third kappa shape index (κ3) is 5.05. The molecule has 1 unspecified atom stereocenters. The van der Waals surface area contributed by atoms with Gasteiger partial charge < -0.3 is 14.5 Å². The van der Waals surface area contributed by atoms with E-state index >= 15 is 0 Å². The van der Waals surface area contributed by atoms with E-state index in [1.165, 1.54) is 0 Å². The lowest BCUT2D eigenvalue weighted by molar-refractivity contribution is -0.116. The minimum Gasteiger partial charge on any atom is -0.383 e. The Hall–Kier alpha value is -1.81. The highest BCUT2D eigenvalue weighted by molar-refractivity contribution is 6.10. The summed E-state index contributed by atoms with van der Waals surface area (Å²) in [6, 6.07) is 0. The van der Waals surface area contributed by atoms with Gasteiger partial charge in [-0.15, -0.1) is 0 Å². The molecule has 0 aromatic carbocycles. The van der Waals surface area contributed by atoms with Crippen molar-refractivity contribution in [1.82, 2.24) is 9.80 Å². The smallest absolute Gasteiger partial charge is 0.189 e. The van der Waals surface area contributed by atoms with E-state index in [0.717, 1.165) is 0 Å². The first-order valence-corrected chi connectivity index (χ1v) is 6.66. The highest BCUT2D eigenvalue weighted by atomic mass is 16.5. The fourth-order valence-corrected chi connectivity index (χ4v) is 1.73. The molecule has 1 aliphatic heterocycles. The van der Waals surface area contributed by atoms with E-state index in [4.69, 9.17) is 4.74 Å². The molecule has 1 rings (SSSR count). The Morgan fingerprint density at radius 2 is 1.60 bits per heavy atom. The quantitative estimate of drug-likeness (QED) is 0.735. The van der Waals surface area contributed by atoms with Crippen LogP contribution in [0.3, 0.4) is 0 Å². The van der Waals surface area contributed by atoms with Crippen LogP contribution >= 0.6 is 0 Å². The van der Waals surface area contributed by atoms with Crippen molar-refractivity contribution in [1.29, 1.82) is 0 Å². The largest absolute Gasteiger partial charge is 0.383 e. The van der Waals surface area contributed by atoms with E-state index in [1.54, 1.807) is 0 Å². The molecule has 20 heavy (non-hydrogen) atoms. The second-order valence-corrected chi connectivity index (χ2v) is 5.21. The molecule has 1 saturated heterocycles. The molecule has 0 saturated carbocycles. The molecular formula is C16H24N2O2. The van der Waals surface area contributed by atoms with Crippen LogP contribution in [0.5, 0.6) is 0 Å². The molecule has 1 heterocycles. The maximum atomic E-state index is 12.4. The average Bonchev–Trinajstić information content (AvgIpc) is 2.35. The first-order valence-electron chi connectivity index (χ1n) is 6.66. The van der Waals surface area contributed by atoms with Gasteiger partial charge in [0.15, 0.2) is 5.78 Å². The summed E-state index contributed by atoms with van der Waals surface area (Å²) >= 11 is 0. The van der Waals surface area contributed by atoms with Crippen LogP contribution in [0.2, 0.25) is 0 Å². The summed E-state index contributed by atoms with van der Waals surface area (Å²) in [4.78, 5) is 16.2. The first-order chi connectivity index (χ1) is 9.41. The lowest BCUT2D eigenvalue weighted by Crippen LogP contribution is -2.28. The molecule has 0 N–H and O–H groups in total. The molecule has 4 nitrogen and oxygen atoms in total. The van der Waals surface area contributed by atoms with Crippen LogP contribution in [0, 0.1) is 0 Å². The molecule has 0 aromatic rings. The maximum absolute atomic E-state index is 12.4. The van der Waals surface area contributed by atoms with E-state index in [2.05, 4.69) is 0 Å². The zero-order valence-electron chi connectivity index (χ0n) is 13.0. The molecule has 1 fully saturated rings. The zero-order chi connectivity index (χ0) is 15.1. The molecule has 0 amide bonds. The van der Waals surface area contributed by atoms with E-state index in [0.29, 0.717) is 17.8 Å². The Kier molecular flexibility index (Phi) is 6.25. The van der Waals surface area contributed by atoms with Crippen molar-refractivity contribution >= 4 is 5.78 Å². The highest BCUT2D eigenvalue weighted by Gasteiger charge is 2.26. The van der Waals surface area contributed by atoms with Crippen molar-refractivity contribution in [2.24, 2.45) is 0 Å². The summed E-state index contributed by atoms with van der Waals surface area (Å²) in [5.74, 6) is 0.0653. The Balaban J connectivity index is 2.87. The molecule has 0 radical (unpaired) electrons. The summed E-state index contributed by atoms with van der Waals surface area (Å²) in [6.45, 7) is 2.27. The van der Waals surface area contributed by atoms with Crippen LogP contribution in [-0.2, 0) is 9.53 Å². The number of carbonyl (C=O) groups excluding carboxylic acids is 1. The molecule has 1 aliphatic rings. The molecular weight excluding hydrogens is 252 g/mol. The van der Waals surface area contributed by atoms with E-state index < -0.39 is 0 Å². The van der Waals surface area contributed by atoms with Gasteiger partial charge in [0, 0.05) is 39.3 Å². The third-order valence-corrected chi connectivity index (χ3v) is 2.82. The van der Waals surface area contributed by atoms with Crippen molar-refractivity contribution in [2.75, 3.05) is 34.8 Å². The molecule has 1 atom stereocenters. The maximum Gasteiger partial charge on any atom is 0.189 e. The summed E-state index contributed by atoms with van der Waals surface area (Å²) in [5, 5.41) is 0. The SMILES string of the molecule is CC1OCC(=CC=CN(C)C)C(=O)C1=CC=CN(C)C. The number of hydrogen-bond acceptors (Lipinski definition) is 4. The number of rotatable bonds is 4.